The van der Waals surface area contributed by atoms with E-state index in [9.17, 15) is 10.0 Å². The van der Waals surface area contributed by atoms with Gasteiger partial charge in [0.15, 0.2) is 0 Å². The fourth-order valence-electron chi connectivity index (χ4n) is 2.73. The number of hydrogen-bond donors (Lipinski definition) is 2. The first kappa shape index (κ1) is 20.0. The van der Waals surface area contributed by atoms with Gasteiger partial charge >= 0.3 is 7.12 Å². The Bertz CT molecular complexity index is 823. The molecule has 3 heteroatoms. The molecule has 0 atom stereocenters. The van der Waals surface area contributed by atoms with Crippen LogP contribution in [0.25, 0.3) is 27.6 Å². The number of benzene rings is 3. The molecule has 0 heterocycles. The van der Waals surface area contributed by atoms with Gasteiger partial charge in [0.2, 0.25) is 0 Å². The highest BCUT2D eigenvalue weighted by molar-refractivity contribution is 6.62. The summed E-state index contributed by atoms with van der Waals surface area (Å²) in [5.41, 5.74) is 2.67. The van der Waals surface area contributed by atoms with Gasteiger partial charge in [0.1, 0.15) is 0 Å². The average molecular weight is 322 g/mol. The Kier molecular flexibility index (Phi) is 7.70. The highest BCUT2D eigenvalue weighted by Gasteiger charge is 2.17. The monoisotopic (exact) mass is 322 g/mol. The Morgan fingerprint density at radius 3 is 2.08 bits per heavy atom. The van der Waals surface area contributed by atoms with E-state index in [4.69, 9.17) is 0 Å². The Labute approximate surface area is 145 Å². The number of rotatable bonds is 2. The van der Waals surface area contributed by atoms with Gasteiger partial charge in [-0.25, -0.2) is 0 Å². The molecule has 0 saturated heterocycles. The molecule has 0 bridgehead atoms. The molecule has 0 spiro atoms. The summed E-state index contributed by atoms with van der Waals surface area (Å²) in [6.45, 7) is 13.8. The third kappa shape index (κ3) is 3.86. The lowest BCUT2D eigenvalue weighted by Gasteiger charge is -2.12. The molecule has 0 fully saturated rings. The molecule has 3 aromatic rings. The van der Waals surface area contributed by atoms with Crippen LogP contribution in [0.1, 0.15) is 38.8 Å². The summed E-state index contributed by atoms with van der Waals surface area (Å²) < 4.78 is 0. The van der Waals surface area contributed by atoms with Crippen LogP contribution in [0.15, 0.2) is 49.0 Å². The lowest BCUT2D eigenvalue weighted by atomic mass is 9.75. The van der Waals surface area contributed by atoms with Crippen LogP contribution in [-0.2, 0) is 0 Å². The van der Waals surface area contributed by atoms with Gasteiger partial charge in [0, 0.05) is 0 Å². The van der Waals surface area contributed by atoms with Crippen LogP contribution < -0.4 is 5.46 Å². The zero-order valence-corrected chi connectivity index (χ0v) is 15.3. The Morgan fingerprint density at radius 2 is 1.50 bits per heavy atom. The minimum atomic E-state index is -1.48. The molecule has 24 heavy (non-hydrogen) atoms. The second-order valence-corrected chi connectivity index (χ2v) is 5.02. The highest BCUT2D eigenvalue weighted by Crippen LogP contribution is 2.27. The number of fused-ring (bicyclic) bond motifs is 3. The molecule has 0 aromatic heterocycles. The first-order chi connectivity index (χ1) is 11.6. The van der Waals surface area contributed by atoms with E-state index < -0.39 is 7.12 Å². The van der Waals surface area contributed by atoms with Crippen molar-refractivity contribution >= 4 is 40.2 Å². The van der Waals surface area contributed by atoms with Gasteiger partial charge < -0.3 is 10.0 Å². The minimum Gasteiger partial charge on any atom is -0.423 e. The highest BCUT2D eigenvalue weighted by atomic mass is 16.4. The first-order valence-electron chi connectivity index (χ1n) is 8.56. The van der Waals surface area contributed by atoms with Crippen LogP contribution >= 0.6 is 0 Å². The normalized spacial score (nSPS) is 9.62. The average Bonchev–Trinajstić information content (AvgIpc) is 2.63. The number of hydrogen-bond acceptors (Lipinski definition) is 2. The molecule has 0 saturated carbocycles. The van der Waals surface area contributed by atoms with Crippen LogP contribution in [0.3, 0.4) is 0 Å². The first-order valence-corrected chi connectivity index (χ1v) is 8.56. The molecule has 0 aliphatic heterocycles. The third-order valence-electron chi connectivity index (χ3n) is 3.78. The molecular weight excluding hydrogens is 295 g/mol. The zero-order chi connectivity index (χ0) is 18.3. The second kappa shape index (κ2) is 9.26. The van der Waals surface area contributed by atoms with Gasteiger partial charge in [-0.2, -0.15) is 0 Å². The van der Waals surface area contributed by atoms with E-state index in [2.05, 4.69) is 18.7 Å². The zero-order valence-electron chi connectivity index (χ0n) is 15.3. The van der Waals surface area contributed by atoms with Crippen molar-refractivity contribution in [2.24, 2.45) is 0 Å². The van der Waals surface area contributed by atoms with Gasteiger partial charge in [0.25, 0.3) is 0 Å². The van der Waals surface area contributed by atoms with Gasteiger partial charge in [-0.1, -0.05) is 76.7 Å². The second-order valence-electron chi connectivity index (χ2n) is 5.02. The van der Waals surface area contributed by atoms with Crippen molar-refractivity contribution in [1.82, 2.24) is 0 Å². The van der Waals surface area contributed by atoms with Crippen LogP contribution in [0.2, 0.25) is 0 Å². The van der Waals surface area contributed by atoms with E-state index in [1.54, 1.807) is 6.08 Å². The van der Waals surface area contributed by atoms with Crippen molar-refractivity contribution in [2.45, 2.75) is 34.6 Å². The van der Waals surface area contributed by atoms with Crippen LogP contribution in [0.5, 0.6) is 0 Å². The molecular formula is C21H27BO2. The van der Waals surface area contributed by atoms with Gasteiger partial charge in [-0.3, -0.25) is 0 Å². The molecule has 2 nitrogen and oxygen atoms in total. The summed E-state index contributed by atoms with van der Waals surface area (Å²) in [5, 5.41) is 23.3. The lowest BCUT2D eigenvalue weighted by Crippen LogP contribution is -2.30. The van der Waals surface area contributed by atoms with E-state index in [1.165, 1.54) is 0 Å². The molecule has 0 aliphatic rings. The predicted octanol–water partition coefficient (Wildman–Crippen LogP) is 4.68. The van der Waals surface area contributed by atoms with Gasteiger partial charge in [0.05, 0.1) is 0 Å². The maximum Gasteiger partial charge on any atom is 0.489 e. The molecule has 126 valence electrons. The van der Waals surface area contributed by atoms with Gasteiger partial charge in [-0.15, -0.1) is 0 Å². The third-order valence-corrected chi connectivity index (χ3v) is 3.78. The van der Waals surface area contributed by atoms with Crippen molar-refractivity contribution in [3.63, 3.8) is 0 Å². The molecule has 0 unspecified atom stereocenters. The Hall–Kier alpha value is -2.10. The van der Waals surface area contributed by atoms with Crippen LogP contribution in [-0.4, -0.2) is 17.2 Å². The molecule has 0 aliphatic carbocycles. The van der Waals surface area contributed by atoms with E-state index in [1.807, 2.05) is 65.0 Å². The maximum atomic E-state index is 9.64. The van der Waals surface area contributed by atoms with Crippen LogP contribution in [0.4, 0.5) is 0 Å². The van der Waals surface area contributed by atoms with Crippen molar-refractivity contribution in [2.75, 3.05) is 0 Å². The fraction of sp³-hybridized carbons (Fsp3) is 0.238. The van der Waals surface area contributed by atoms with E-state index in [0.717, 1.165) is 32.7 Å². The quantitative estimate of drug-likeness (QED) is 0.531. The SMILES string of the molecule is C=Cc1cc2c(B(O)O)cc3ccccc3c2cc1C.CC.CC. The Morgan fingerprint density at radius 1 is 0.875 bits per heavy atom. The summed E-state index contributed by atoms with van der Waals surface area (Å²) in [6.07, 6.45) is 1.79. The van der Waals surface area contributed by atoms with Gasteiger partial charge in [-0.05, 0) is 51.1 Å². The van der Waals surface area contributed by atoms with E-state index >= 15 is 0 Å². The summed E-state index contributed by atoms with van der Waals surface area (Å²) in [4.78, 5) is 0. The fourth-order valence-corrected chi connectivity index (χ4v) is 2.73. The van der Waals surface area contributed by atoms with Crippen molar-refractivity contribution < 1.29 is 10.0 Å². The lowest BCUT2D eigenvalue weighted by molar-refractivity contribution is 0.426. The van der Waals surface area contributed by atoms with Crippen LogP contribution in [0, 0.1) is 6.92 Å². The van der Waals surface area contributed by atoms with Crippen molar-refractivity contribution in [1.29, 1.82) is 0 Å². The Balaban J connectivity index is 0.000000671. The minimum absolute atomic E-state index is 0.529. The molecule has 0 radical (unpaired) electrons. The molecule has 2 N–H and O–H groups in total. The molecule has 3 rings (SSSR count). The van der Waals surface area contributed by atoms with E-state index in [0.29, 0.717) is 5.46 Å². The smallest absolute Gasteiger partial charge is 0.423 e. The topological polar surface area (TPSA) is 40.5 Å². The molecule has 3 aromatic carbocycles. The van der Waals surface area contributed by atoms with Crippen molar-refractivity contribution in [3.8, 4) is 0 Å². The van der Waals surface area contributed by atoms with E-state index in [-0.39, 0.29) is 0 Å². The molecule has 0 amide bonds. The summed E-state index contributed by atoms with van der Waals surface area (Å²) in [6, 6.07) is 13.9. The predicted molar refractivity (Wildman–Crippen MR) is 109 cm³/mol. The largest absolute Gasteiger partial charge is 0.489 e. The summed E-state index contributed by atoms with van der Waals surface area (Å²) >= 11 is 0. The summed E-state index contributed by atoms with van der Waals surface area (Å²) in [5.74, 6) is 0. The standard InChI is InChI=1S/C17H15BO2.2C2H6/c1-3-12-9-16-15(8-11(12)2)14-7-5-4-6-13(14)10-17(16)18(19)20;2*1-2/h3-10,19-20H,1H2,2H3;2*1-2H3. The van der Waals surface area contributed by atoms with Crippen molar-refractivity contribution in [3.05, 3.63) is 60.2 Å². The summed E-state index contributed by atoms with van der Waals surface area (Å²) in [7, 11) is -1.48. The number of aryl methyl sites for hydroxylation is 1. The maximum absolute atomic E-state index is 9.64.